The van der Waals surface area contributed by atoms with E-state index < -0.39 is 11.7 Å². The average Bonchev–Trinajstić information content (AvgIpc) is 2.38. The van der Waals surface area contributed by atoms with Crippen LogP contribution in [-0.2, 0) is 16.8 Å². The number of hydrogen-bond donors (Lipinski definition) is 0. The van der Waals surface area contributed by atoms with E-state index in [9.17, 15) is 13.2 Å². The molecule has 2 nitrogen and oxygen atoms in total. The summed E-state index contributed by atoms with van der Waals surface area (Å²) in [6.07, 6.45) is -4.39. The number of methoxy groups -OCH3 is 1. The summed E-state index contributed by atoms with van der Waals surface area (Å²) in [5, 5.41) is 0. The third kappa shape index (κ3) is 4.28. The van der Waals surface area contributed by atoms with Crippen molar-refractivity contribution in [2.24, 2.45) is 0 Å². The van der Waals surface area contributed by atoms with Crippen LogP contribution in [0, 0.1) is 0 Å². The van der Waals surface area contributed by atoms with Crippen molar-refractivity contribution >= 4 is 17.3 Å². The van der Waals surface area contributed by atoms with Gasteiger partial charge in [0, 0.05) is 31.8 Å². The van der Waals surface area contributed by atoms with E-state index in [0.717, 1.165) is 6.07 Å². The van der Waals surface area contributed by atoms with Gasteiger partial charge in [0.15, 0.2) is 0 Å². The summed E-state index contributed by atoms with van der Waals surface area (Å²) in [5.74, 6) is 0.0631. The third-order valence-electron chi connectivity index (χ3n) is 2.81. The van der Waals surface area contributed by atoms with Gasteiger partial charge in [-0.3, -0.25) is 0 Å². The molecule has 1 aromatic carbocycles. The van der Waals surface area contributed by atoms with E-state index in [1.165, 1.54) is 13.2 Å². The van der Waals surface area contributed by atoms with Crippen LogP contribution in [0.1, 0.15) is 18.1 Å². The minimum atomic E-state index is -4.39. The van der Waals surface area contributed by atoms with Crippen molar-refractivity contribution < 1.29 is 17.9 Å². The Bertz CT molecular complexity index is 409. The molecule has 0 aromatic heterocycles. The Kier molecular flexibility index (Phi) is 5.94. The number of hydrogen-bond acceptors (Lipinski definition) is 2. The zero-order valence-corrected chi connectivity index (χ0v) is 11.7. The van der Waals surface area contributed by atoms with Gasteiger partial charge in [0.05, 0.1) is 12.2 Å². The van der Waals surface area contributed by atoms with Crippen LogP contribution < -0.4 is 4.90 Å². The number of rotatable bonds is 6. The highest BCUT2D eigenvalue weighted by Crippen LogP contribution is 2.37. The Hall–Kier alpha value is -0.940. The number of halogens is 4. The maximum absolute atomic E-state index is 13.1. The lowest BCUT2D eigenvalue weighted by molar-refractivity contribution is -0.137. The fourth-order valence-corrected chi connectivity index (χ4v) is 1.99. The topological polar surface area (TPSA) is 12.5 Å². The van der Waals surface area contributed by atoms with Crippen LogP contribution in [0.25, 0.3) is 0 Å². The summed E-state index contributed by atoms with van der Waals surface area (Å²) in [4.78, 5) is 1.64. The van der Waals surface area contributed by atoms with Gasteiger partial charge in [-0.1, -0.05) is 6.07 Å². The molecule has 0 bridgehead atoms. The molecule has 1 aromatic rings. The van der Waals surface area contributed by atoms with Crippen molar-refractivity contribution in [1.29, 1.82) is 0 Å². The second-order valence-corrected chi connectivity index (χ2v) is 4.32. The molecular weight excluding hydrogens is 279 g/mol. The first-order valence-corrected chi connectivity index (χ1v) is 6.47. The van der Waals surface area contributed by atoms with Crippen molar-refractivity contribution in [2.75, 3.05) is 31.7 Å². The number of alkyl halides is 4. The SMILES string of the molecule is CCN(CCOC)c1ccc(CCl)cc1C(F)(F)F. The predicted molar refractivity (Wildman–Crippen MR) is 70.8 cm³/mol. The van der Waals surface area contributed by atoms with Gasteiger partial charge in [0.2, 0.25) is 0 Å². The molecule has 0 saturated heterocycles. The van der Waals surface area contributed by atoms with E-state index in [1.807, 2.05) is 6.92 Å². The highest BCUT2D eigenvalue weighted by molar-refractivity contribution is 6.17. The van der Waals surface area contributed by atoms with Gasteiger partial charge in [0.1, 0.15) is 0 Å². The molecule has 0 radical (unpaired) electrons. The second-order valence-electron chi connectivity index (χ2n) is 4.06. The summed E-state index contributed by atoms with van der Waals surface area (Å²) in [7, 11) is 1.52. The molecule has 0 unspecified atom stereocenters. The molecule has 0 aliphatic heterocycles. The highest BCUT2D eigenvalue weighted by atomic mass is 35.5. The second kappa shape index (κ2) is 7.01. The smallest absolute Gasteiger partial charge is 0.383 e. The Balaban J connectivity index is 3.17. The van der Waals surface area contributed by atoms with E-state index in [4.69, 9.17) is 16.3 Å². The fourth-order valence-electron chi connectivity index (χ4n) is 1.82. The van der Waals surface area contributed by atoms with Crippen LogP contribution in [-0.4, -0.2) is 26.8 Å². The molecule has 0 amide bonds. The molecule has 0 aliphatic carbocycles. The Morgan fingerprint density at radius 1 is 1.32 bits per heavy atom. The summed E-state index contributed by atoms with van der Waals surface area (Å²) in [6, 6.07) is 4.20. The first-order chi connectivity index (χ1) is 8.93. The van der Waals surface area contributed by atoms with Crippen LogP contribution >= 0.6 is 11.6 Å². The van der Waals surface area contributed by atoms with E-state index in [2.05, 4.69) is 0 Å². The largest absolute Gasteiger partial charge is 0.418 e. The maximum Gasteiger partial charge on any atom is 0.418 e. The minimum absolute atomic E-state index is 0.0631. The van der Waals surface area contributed by atoms with Gasteiger partial charge in [-0.2, -0.15) is 13.2 Å². The summed E-state index contributed by atoms with van der Waals surface area (Å²) < 4.78 is 44.2. The molecule has 0 aliphatic rings. The molecule has 6 heteroatoms. The standard InChI is InChI=1S/C13H17ClF3NO/c1-3-18(6-7-19-2)12-5-4-10(9-14)8-11(12)13(15,16)17/h4-5,8H,3,6-7,9H2,1-2H3. The Labute approximate surface area is 116 Å². The number of anilines is 1. The van der Waals surface area contributed by atoms with Gasteiger partial charge >= 0.3 is 6.18 Å². The molecule has 0 spiro atoms. The number of likely N-dealkylation sites (N-methyl/N-ethyl adjacent to an activating group) is 1. The van der Waals surface area contributed by atoms with Crippen molar-refractivity contribution in [3.05, 3.63) is 29.3 Å². The first-order valence-electron chi connectivity index (χ1n) is 5.94. The quantitative estimate of drug-likeness (QED) is 0.738. The summed E-state index contributed by atoms with van der Waals surface area (Å²) in [5.41, 5.74) is -0.0231. The molecule has 1 rings (SSSR count). The molecule has 19 heavy (non-hydrogen) atoms. The van der Waals surface area contributed by atoms with Gasteiger partial charge < -0.3 is 9.64 Å². The summed E-state index contributed by atoms with van der Waals surface area (Å²) in [6.45, 7) is 3.08. The zero-order valence-electron chi connectivity index (χ0n) is 10.9. The molecule has 0 atom stereocenters. The molecule has 0 saturated carbocycles. The zero-order chi connectivity index (χ0) is 14.5. The summed E-state index contributed by atoms with van der Waals surface area (Å²) >= 11 is 5.60. The van der Waals surface area contributed by atoms with Gasteiger partial charge in [-0.25, -0.2) is 0 Å². The lowest BCUT2D eigenvalue weighted by Crippen LogP contribution is -2.29. The predicted octanol–water partition coefficient (Wildman–Crippen LogP) is 3.92. The minimum Gasteiger partial charge on any atom is -0.383 e. The number of benzene rings is 1. The highest BCUT2D eigenvalue weighted by Gasteiger charge is 2.34. The number of nitrogens with zero attached hydrogens (tertiary/aromatic N) is 1. The fraction of sp³-hybridized carbons (Fsp3) is 0.538. The van der Waals surface area contributed by atoms with Gasteiger partial charge in [-0.15, -0.1) is 11.6 Å². The molecular formula is C13H17ClF3NO. The van der Waals surface area contributed by atoms with E-state index in [-0.39, 0.29) is 11.6 Å². The van der Waals surface area contributed by atoms with Crippen LogP contribution in [0.5, 0.6) is 0 Å². The Morgan fingerprint density at radius 2 is 2.00 bits per heavy atom. The van der Waals surface area contributed by atoms with E-state index in [0.29, 0.717) is 25.3 Å². The van der Waals surface area contributed by atoms with Crippen LogP contribution in [0.4, 0.5) is 18.9 Å². The van der Waals surface area contributed by atoms with Crippen molar-refractivity contribution in [1.82, 2.24) is 0 Å². The number of ether oxygens (including phenoxy) is 1. The van der Waals surface area contributed by atoms with Crippen molar-refractivity contribution in [3.8, 4) is 0 Å². The molecule has 0 fully saturated rings. The lowest BCUT2D eigenvalue weighted by atomic mass is 10.1. The molecule has 0 heterocycles. The monoisotopic (exact) mass is 295 g/mol. The van der Waals surface area contributed by atoms with E-state index >= 15 is 0 Å². The average molecular weight is 296 g/mol. The van der Waals surface area contributed by atoms with Crippen LogP contribution in [0.3, 0.4) is 0 Å². The Morgan fingerprint density at radius 3 is 2.47 bits per heavy atom. The van der Waals surface area contributed by atoms with Gasteiger partial charge in [0.25, 0.3) is 0 Å². The van der Waals surface area contributed by atoms with E-state index in [1.54, 1.807) is 11.0 Å². The van der Waals surface area contributed by atoms with Crippen molar-refractivity contribution in [2.45, 2.75) is 19.0 Å². The lowest BCUT2D eigenvalue weighted by Gasteiger charge is -2.26. The molecule has 0 N–H and O–H groups in total. The molecule has 108 valence electrons. The van der Waals surface area contributed by atoms with Crippen LogP contribution in [0.15, 0.2) is 18.2 Å². The first kappa shape index (κ1) is 16.1. The van der Waals surface area contributed by atoms with Crippen molar-refractivity contribution in [3.63, 3.8) is 0 Å². The van der Waals surface area contributed by atoms with Crippen LogP contribution in [0.2, 0.25) is 0 Å². The third-order valence-corrected chi connectivity index (χ3v) is 3.12. The normalized spacial score (nSPS) is 11.7. The maximum atomic E-state index is 13.1. The van der Waals surface area contributed by atoms with Gasteiger partial charge in [-0.05, 0) is 24.6 Å².